The maximum absolute atomic E-state index is 14.2. The van der Waals surface area contributed by atoms with E-state index >= 15 is 0 Å². The third kappa shape index (κ3) is 7.86. The van der Waals surface area contributed by atoms with Crippen LogP contribution in [0.25, 0.3) is 10.8 Å². The number of carbonyl (C=O) groups is 2. The second-order valence-corrected chi connectivity index (χ2v) is 12.3. The van der Waals surface area contributed by atoms with E-state index in [0.717, 1.165) is 33.5 Å². The van der Waals surface area contributed by atoms with Crippen molar-refractivity contribution < 1.29 is 18.0 Å². The van der Waals surface area contributed by atoms with E-state index < -0.39 is 28.5 Å². The van der Waals surface area contributed by atoms with E-state index in [0.29, 0.717) is 22.6 Å². The Morgan fingerprint density at radius 3 is 2.20 bits per heavy atom. The highest BCUT2D eigenvalue weighted by atomic mass is 35.5. The summed E-state index contributed by atoms with van der Waals surface area (Å²) in [6, 6.07) is 28.4. The molecule has 0 aliphatic heterocycles. The van der Waals surface area contributed by atoms with Gasteiger partial charge < -0.3 is 10.2 Å². The van der Waals surface area contributed by atoms with Crippen LogP contribution in [0, 0.1) is 0 Å². The van der Waals surface area contributed by atoms with Crippen LogP contribution in [0.4, 0.5) is 5.69 Å². The van der Waals surface area contributed by atoms with Crippen LogP contribution in [0.5, 0.6) is 0 Å². The maximum atomic E-state index is 14.2. The van der Waals surface area contributed by atoms with Gasteiger partial charge >= 0.3 is 0 Å². The topological polar surface area (TPSA) is 86.8 Å². The quantitative estimate of drug-likeness (QED) is 0.238. The first-order valence-corrected chi connectivity index (χ1v) is 15.7. The summed E-state index contributed by atoms with van der Waals surface area (Å²) in [6.45, 7) is 2.04. The van der Waals surface area contributed by atoms with Gasteiger partial charge in [-0.25, -0.2) is 8.42 Å². The van der Waals surface area contributed by atoms with E-state index in [1.54, 1.807) is 36.4 Å². The van der Waals surface area contributed by atoms with Gasteiger partial charge in [0.15, 0.2) is 0 Å². The number of fused-ring (bicyclic) bond motifs is 1. The Hall–Kier alpha value is -3.88. The standard InChI is InChI=1S/C32H34ClN3O4S/c1-3-20-34-32(38)30(21-24-10-5-4-6-11-24)35(22-25-16-18-27(33)19-17-25)31(37)23-36(41(2,39)40)29-15-9-13-26-12-7-8-14-28(26)29/h4-19,30H,3,20-23H2,1-2H3,(H,34,38). The molecule has 0 saturated carbocycles. The number of rotatable bonds is 12. The van der Waals surface area contributed by atoms with Gasteiger partial charge in [0.2, 0.25) is 21.8 Å². The van der Waals surface area contributed by atoms with E-state index in [1.807, 2.05) is 67.6 Å². The van der Waals surface area contributed by atoms with Crippen molar-refractivity contribution in [3.8, 4) is 0 Å². The van der Waals surface area contributed by atoms with Gasteiger partial charge in [-0.05, 0) is 41.1 Å². The van der Waals surface area contributed by atoms with E-state index in [-0.39, 0.29) is 18.9 Å². The second kappa shape index (κ2) is 13.7. The summed E-state index contributed by atoms with van der Waals surface area (Å²) in [7, 11) is -3.87. The van der Waals surface area contributed by atoms with Crippen LogP contribution in [0.3, 0.4) is 0 Å². The van der Waals surface area contributed by atoms with Crippen LogP contribution >= 0.6 is 11.6 Å². The molecule has 0 radical (unpaired) electrons. The second-order valence-electron chi connectivity index (χ2n) is 9.91. The number of benzene rings is 4. The van der Waals surface area contributed by atoms with Crippen LogP contribution in [0.2, 0.25) is 5.02 Å². The predicted octanol–water partition coefficient (Wildman–Crippen LogP) is 5.43. The number of hydrogen-bond acceptors (Lipinski definition) is 4. The highest BCUT2D eigenvalue weighted by molar-refractivity contribution is 7.92. The van der Waals surface area contributed by atoms with Gasteiger partial charge in [-0.1, -0.05) is 97.4 Å². The molecule has 9 heteroatoms. The molecule has 1 unspecified atom stereocenters. The van der Waals surface area contributed by atoms with Crippen molar-refractivity contribution in [3.63, 3.8) is 0 Å². The average Bonchev–Trinajstić information content (AvgIpc) is 2.97. The Kier molecular flexibility index (Phi) is 10.0. The van der Waals surface area contributed by atoms with Crippen molar-refractivity contribution in [3.05, 3.63) is 113 Å². The first-order valence-electron chi connectivity index (χ1n) is 13.5. The molecule has 1 N–H and O–H groups in total. The molecule has 4 rings (SSSR count). The van der Waals surface area contributed by atoms with Crippen molar-refractivity contribution in [1.29, 1.82) is 0 Å². The Morgan fingerprint density at radius 1 is 0.854 bits per heavy atom. The van der Waals surface area contributed by atoms with E-state index in [4.69, 9.17) is 11.6 Å². The van der Waals surface area contributed by atoms with Crippen LogP contribution in [0.1, 0.15) is 24.5 Å². The van der Waals surface area contributed by atoms with Gasteiger partial charge in [0.05, 0.1) is 11.9 Å². The van der Waals surface area contributed by atoms with E-state index in [1.165, 1.54) is 4.90 Å². The van der Waals surface area contributed by atoms with Crippen LogP contribution in [-0.2, 0) is 32.6 Å². The molecule has 214 valence electrons. The lowest BCUT2D eigenvalue weighted by Gasteiger charge is -2.33. The Bertz CT molecular complexity index is 1590. The molecule has 0 aliphatic carbocycles. The lowest BCUT2D eigenvalue weighted by Crippen LogP contribution is -2.53. The van der Waals surface area contributed by atoms with E-state index in [9.17, 15) is 18.0 Å². The van der Waals surface area contributed by atoms with Crippen molar-refractivity contribution in [2.75, 3.05) is 23.7 Å². The lowest BCUT2D eigenvalue weighted by atomic mass is 10.0. The SMILES string of the molecule is CCCNC(=O)C(Cc1ccccc1)N(Cc1ccc(Cl)cc1)C(=O)CN(c1cccc2ccccc12)S(C)(=O)=O. The molecule has 2 amide bonds. The van der Waals surface area contributed by atoms with Crippen molar-refractivity contribution in [2.24, 2.45) is 0 Å². The molecule has 0 fully saturated rings. The third-order valence-electron chi connectivity index (χ3n) is 6.80. The predicted molar refractivity (Wildman–Crippen MR) is 165 cm³/mol. The van der Waals surface area contributed by atoms with Crippen LogP contribution in [-0.4, -0.2) is 50.5 Å². The molecule has 0 saturated heterocycles. The maximum Gasteiger partial charge on any atom is 0.244 e. The molecule has 7 nitrogen and oxygen atoms in total. The lowest BCUT2D eigenvalue weighted by molar-refractivity contribution is -0.140. The Labute approximate surface area is 246 Å². The van der Waals surface area contributed by atoms with Gasteiger partial charge in [-0.2, -0.15) is 0 Å². The molecular formula is C32H34ClN3O4S. The summed E-state index contributed by atoms with van der Waals surface area (Å²) in [4.78, 5) is 29.2. The van der Waals surface area contributed by atoms with Crippen LogP contribution < -0.4 is 9.62 Å². The zero-order valence-corrected chi connectivity index (χ0v) is 24.7. The number of nitrogens with one attached hydrogen (secondary N) is 1. The number of halogens is 1. The van der Waals surface area contributed by atoms with Gasteiger partial charge in [-0.3, -0.25) is 13.9 Å². The summed E-state index contributed by atoms with van der Waals surface area (Å²) in [5.74, 6) is -0.792. The minimum atomic E-state index is -3.87. The number of sulfonamides is 1. The zero-order chi connectivity index (χ0) is 29.4. The zero-order valence-electron chi connectivity index (χ0n) is 23.2. The fraction of sp³-hybridized carbons (Fsp3) is 0.250. The van der Waals surface area contributed by atoms with E-state index in [2.05, 4.69) is 5.32 Å². The fourth-order valence-corrected chi connectivity index (χ4v) is 5.71. The molecular weight excluding hydrogens is 558 g/mol. The first kappa shape index (κ1) is 30.1. The summed E-state index contributed by atoms with van der Waals surface area (Å²) < 4.78 is 27.4. The molecule has 0 heterocycles. The first-order chi connectivity index (χ1) is 19.7. The minimum absolute atomic E-state index is 0.0974. The van der Waals surface area contributed by atoms with Crippen molar-refractivity contribution in [1.82, 2.24) is 10.2 Å². The molecule has 0 aliphatic rings. The Balaban J connectivity index is 1.76. The summed E-state index contributed by atoms with van der Waals surface area (Å²) >= 11 is 6.10. The third-order valence-corrected chi connectivity index (χ3v) is 8.18. The molecule has 4 aromatic rings. The summed E-state index contributed by atoms with van der Waals surface area (Å²) in [5.41, 5.74) is 2.05. The van der Waals surface area contributed by atoms with Gasteiger partial charge in [0.25, 0.3) is 0 Å². The summed E-state index contributed by atoms with van der Waals surface area (Å²) in [6.07, 6.45) is 2.09. The molecule has 4 aromatic carbocycles. The number of anilines is 1. The van der Waals surface area contributed by atoms with Crippen LogP contribution in [0.15, 0.2) is 97.1 Å². The number of hydrogen-bond donors (Lipinski definition) is 1. The molecule has 0 aromatic heterocycles. The molecule has 41 heavy (non-hydrogen) atoms. The average molecular weight is 592 g/mol. The normalized spacial score (nSPS) is 12.1. The fourth-order valence-electron chi connectivity index (χ4n) is 4.73. The number of amides is 2. The molecule has 0 bridgehead atoms. The summed E-state index contributed by atoms with van der Waals surface area (Å²) in [5, 5.41) is 5.04. The monoisotopic (exact) mass is 591 g/mol. The highest BCUT2D eigenvalue weighted by Gasteiger charge is 2.33. The largest absolute Gasteiger partial charge is 0.354 e. The van der Waals surface area contributed by atoms with Gasteiger partial charge in [0, 0.05) is 29.9 Å². The Morgan fingerprint density at radius 2 is 1.51 bits per heavy atom. The van der Waals surface area contributed by atoms with Gasteiger partial charge in [0.1, 0.15) is 12.6 Å². The molecule has 0 spiro atoms. The van der Waals surface area contributed by atoms with Crippen molar-refractivity contribution >= 4 is 49.9 Å². The minimum Gasteiger partial charge on any atom is -0.354 e. The highest BCUT2D eigenvalue weighted by Crippen LogP contribution is 2.29. The number of carbonyl (C=O) groups excluding carboxylic acids is 2. The number of nitrogens with zero attached hydrogens (tertiary/aromatic N) is 2. The smallest absolute Gasteiger partial charge is 0.244 e. The van der Waals surface area contributed by atoms with Crippen molar-refractivity contribution in [2.45, 2.75) is 32.4 Å². The molecule has 1 atom stereocenters. The van der Waals surface area contributed by atoms with Gasteiger partial charge in [-0.15, -0.1) is 0 Å².